The predicted octanol–water partition coefficient (Wildman–Crippen LogP) is 3.26. The zero-order valence-corrected chi connectivity index (χ0v) is 15.2. The number of nitrogens with one attached hydrogen (secondary N) is 1. The van der Waals surface area contributed by atoms with E-state index in [2.05, 4.69) is 5.32 Å². The van der Waals surface area contributed by atoms with Crippen molar-refractivity contribution in [2.24, 2.45) is 0 Å². The second kappa shape index (κ2) is 6.91. The number of nitro groups is 1. The summed E-state index contributed by atoms with van der Waals surface area (Å²) in [6.45, 7) is 1.68. The summed E-state index contributed by atoms with van der Waals surface area (Å²) in [6, 6.07) is 10.2. The number of carbonyl (C=O) groups excluding carboxylic acids is 1. The molecular formula is C18H14N2O7S. The van der Waals surface area contributed by atoms with Gasteiger partial charge in [-0.1, -0.05) is 12.1 Å². The summed E-state index contributed by atoms with van der Waals surface area (Å²) in [5.74, 6) is -1.03. The first-order valence-electron chi connectivity index (χ1n) is 7.87. The number of carbonyl (C=O) groups is 1. The van der Waals surface area contributed by atoms with E-state index in [1.165, 1.54) is 36.4 Å². The third-order valence-electron chi connectivity index (χ3n) is 4.05. The second-order valence-electron chi connectivity index (χ2n) is 6.08. The Balaban J connectivity index is 2.09. The van der Waals surface area contributed by atoms with Gasteiger partial charge in [0.1, 0.15) is 11.3 Å². The van der Waals surface area contributed by atoms with Crippen LogP contribution in [0, 0.1) is 17.0 Å². The highest BCUT2D eigenvalue weighted by atomic mass is 32.2. The minimum Gasteiger partial charge on any atom is -0.508 e. The molecule has 0 aromatic heterocycles. The number of phenolic OH excluding ortho intramolecular Hbond substituents is 1. The van der Waals surface area contributed by atoms with Crippen LogP contribution in [0.25, 0.3) is 10.8 Å². The van der Waals surface area contributed by atoms with Crippen molar-refractivity contribution in [2.75, 3.05) is 5.32 Å². The summed E-state index contributed by atoms with van der Waals surface area (Å²) in [5.41, 5.74) is 0.240. The number of nitro benzene ring substituents is 1. The fourth-order valence-electron chi connectivity index (χ4n) is 2.78. The Kier molecular flexibility index (Phi) is 4.75. The molecule has 3 N–H and O–H groups in total. The number of phenols is 1. The summed E-state index contributed by atoms with van der Waals surface area (Å²) in [7, 11) is -4.45. The molecule has 0 saturated carbocycles. The molecule has 0 saturated heterocycles. The van der Waals surface area contributed by atoms with Crippen molar-refractivity contribution >= 4 is 38.2 Å². The number of benzene rings is 3. The number of aryl methyl sites for hydroxylation is 1. The first kappa shape index (κ1) is 19.3. The van der Waals surface area contributed by atoms with Crippen molar-refractivity contribution in [3.8, 4) is 5.75 Å². The number of amides is 1. The van der Waals surface area contributed by atoms with Crippen molar-refractivity contribution < 1.29 is 27.8 Å². The van der Waals surface area contributed by atoms with Crippen LogP contribution in [0.5, 0.6) is 5.75 Å². The lowest BCUT2D eigenvalue weighted by atomic mass is 10.1. The molecular weight excluding hydrogens is 388 g/mol. The average molecular weight is 402 g/mol. The van der Waals surface area contributed by atoms with Crippen molar-refractivity contribution in [3.05, 3.63) is 69.8 Å². The van der Waals surface area contributed by atoms with Crippen LogP contribution >= 0.6 is 0 Å². The first-order valence-corrected chi connectivity index (χ1v) is 9.31. The van der Waals surface area contributed by atoms with E-state index in [0.29, 0.717) is 10.9 Å². The molecule has 0 radical (unpaired) electrons. The Bertz CT molecular complexity index is 1240. The molecule has 3 aromatic rings. The highest BCUT2D eigenvalue weighted by Gasteiger charge is 2.21. The van der Waals surface area contributed by atoms with E-state index in [-0.39, 0.29) is 33.0 Å². The number of nitrogens with zero attached hydrogens (tertiary/aromatic N) is 1. The number of rotatable bonds is 4. The van der Waals surface area contributed by atoms with Gasteiger partial charge in [0.05, 0.1) is 15.5 Å². The molecule has 0 aliphatic rings. The van der Waals surface area contributed by atoms with Crippen LogP contribution in [-0.4, -0.2) is 28.9 Å². The van der Waals surface area contributed by atoms with E-state index in [4.69, 9.17) is 4.55 Å². The molecule has 0 aliphatic carbocycles. The van der Waals surface area contributed by atoms with Gasteiger partial charge in [0.15, 0.2) is 0 Å². The number of hydrogen-bond donors (Lipinski definition) is 3. The topological polar surface area (TPSA) is 147 Å². The molecule has 28 heavy (non-hydrogen) atoms. The minimum absolute atomic E-state index is 0.123. The molecule has 0 atom stereocenters. The quantitative estimate of drug-likeness (QED) is 0.345. The van der Waals surface area contributed by atoms with E-state index >= 15 is 0 Å². The van der Waals surface area contributed by atoms with Crippen LogP contribution in [0.4, 0.5) is 11.4 Å². The molecule has 0 unspecified atom stereocenters. The zero-order chi connectivity index (χ0) is 20.6. The van der Waals surface area contributed by atoms with Gasteiger partial charge >= 0.3 is 0 Å². The number of anilines is 1. The summed E-state index contributed by atoms with van der Waals surface area (Å²) >= 11 is 0. The molecule has 144 valence electrons. The highest BCUT2D eigenvalue weighted by molar-refractivity contribution is 7.85. The Morgan fingerprint density at radius 1 is 1.11 bits per heavy atom. The lowest BCUT2D eigenvalue weighted by Crippen LogP contribution is -2.14. The van der Waals surface area contributed by atoms with Crippen LogP contribution in [0.1, 0.15) is 15.9 Å². The van der Waals surface area contributed by atoms with Crippen molar-refractivity contribution in [2.45, 2.75) is 11.8 Å². The van der Waals surface area contributed by atoms with Gasteiger partial charge in [-0.2, -0.15) is 8.42 Å². The van der Waals surface area contributed by atoms with Gasteiger partial charge < -0.3 is 10.4 Å². The standard InChI is InChI=1S/C18H14N2O7S/c1-10-2-5-17(20(23)24)15(6-10)18(22)19-16-9-12(21)7-11-8-13(28(25,26)27)3-4-14(11)16/h2-9,21H,1H3,(H,19,22)(H,25,26,27). The van der Waals surface area contributed by atoms with Gasteiger partial charge in [0.25, 0.3) is 21.7 Å². The lowest BCUT2D eigenvalue weighted by molar-refractivity contribution is -0.385. The van der Waals surface area contributed by atoms with Crippen molar-refractivity contribution in [1.82, 2.24) is 0 Å². The van der Waals surface area contributed by atoms with E-state index in [1.54, 1.807) is 6.92 Å². The SMILES string of the molecule is Cc1ccc([N+](=O)[O-])c(C(=O)Nc2cc(O)cc3cc(S(=O)(=O)O)ccc23)c1. The number of fused-ring (bicyclic) bond motifs is 1. The van der Waals surface area contributed by atoms with Crippen LogP contribution in [0.15, 0.2) is 53.4 Å². The van der Waals surface area contributed by atoms with Gasteiger partial charge in [-0.3, -0.25) is 19.5 Å². The van der Waals surface area contributed by atoms with Crippen LogP contribution in [-0.2, 0) is 10.1 Å². The van der Waals surface area contributed by atoms with E-state index in [1.807, 2.05) is 0 Å². The molecule has 0 spiro atoms. The molecule has 3 rings (SSSR count). The molecule has 0 fully saturated rings. The van der Waals surface area contributed by atoms with E-state index in [0.717, 1.165) is 12.1 Å². The largest absolute Gasteiger partial charge is 0.508 e. The number of hydrogen-bond acceptors (Lipinski definition) is 6. The fourth-order valence-corrected chi connectivity index (χ4v) is 3.29. The third kappa shape index (κ3) is 3.77. The summed E-state index contributed by atoms with van der Waals surface area (Å²) in [5, 5.41) is 24.2. The molecule has 0 bridgehead atoms. The van der Waals surface area contributed by atoms with Gasteiger partial charge in [0.2, 0.25) is 0 Å². The van der Waals surface area contributed by atoms with Gasteiger partial charge in [-0.05, 0) is 42.1 Å². The van der Waals surface area contributed by atoms with E-state index in [9.17, 15) is 28.4 Å². The summed E-state index contributed by atoms with van der Waals surface area (Å²) in [4.78, 5) is 22.8. The average Bonchev–Trinajstić information content (AvgIpc) is 2.59. The molecule has 0 heterocycles. The monoisotopic (exact) mass is 402 g/mol. The molecule has 3 aromatic carbocycles. The lowest BCUT2D eigenvalue weighted by Gasteiger charge is -2.11. The smallest absolute Gasteiger partial charge is 0.294 e. The van der Waals surface area contributed by atoms with Gasteiger partial charge in [0, 0.05) is 17.5 Å². The normalized spacial score (nSPS) is 11.4. The Hall–Kier alpha value is -3.50. The predicted molar refractivity (Wildman–Crippen MR) is 101 cm³/mol. The zero-order valence-electron chi connectivity index (χ0n) is 14.4. The maximum Gasteiger partial charge on any atom is 0.294 e. The summed E-state index contributed by atoms with van der Waals surface area (Å²) < 4.78 is 31.8. The highest BCUT2D eigenvalue weighted by Crippen LogP contribution is 2.31. The van der Waals surface area contributed by atoms with Gasteiger partial charge in [-0.25, -0.2) is 0 Å². The first-order chi connectivity index (χ1) is 13.1. The Labute approximate surface area is 159 Å². The maximum absolute atomic E-state index is 12.6. The minimum atomic E-state index is -4.45. The number of aromatic hydroxyl groups is 1. The van der Waals surface area contributed by atoms with Crippen molar-refractivity contribution in [1.29, 1.82) is 0 Å². The molecule has 0 aliphatic heterocycles. The molecule has 9 nitrogen and oxygen atoms in total. The fraction of sp³-hybridized carbons (Fsp3) is 0.0556. The van der Waals surface area contributed by atoms with Crippen LogP contribution < -0.4 is 5.32 Å². The van der Waals surface area contributed by atoms with E-state index < -0.39 is 20.9 Å². The second-order valence-corrected chi connectivity index (χ2v) is 7.50. The Morgan fingerprint density at radius 2 is 1.82 bits per heavy atom. The maximum atomic E-state index is 12.6. The molecule has 1 amide bonds. The van der Waals surface area contributed by atoms with Crippen LogP contribution in [0.3, 0.4) is 0 Å². The third-order valence-corrected chi connectivity index (χ3v) is 4.90. The van der Waals surface area contributed by atoms with Crippen molar-refractivity contribution in [3.63, 3.8) is 0 Å². The molecule has 10 heteroatoms. The summed E-state index contributed by atoms with van der Waals surface area (Å²) in [6.07, 6.45) is 0. The Morgan fingerprint density at radius 3 is 2.46 bits per heavy atom. The van der Waals surface area contributed by atoms with Gasteiger partial charge in [-0.15, -0.1) is 0 Å². The van der Waals surface area contributed by atoms with Crippen LogP contribution in [0.2, 0.25) is 0 Å².